The lowest BCUT2D eigenvalue weighted by molar-refractivity contribution is 0.0615. The molecule has 4 heteroatoms. The molecule has 1 saturated carbocycles. The minimum absolute atomic E-state index is 0.468. The Morgan fingerprint density at radius 1 is 1.41 bits per heavy atom. The zero-order valence-corrected chi connectivity index (χ0v) is 9.74. The van der Waals surface area contributed by atoms with E-state index in [-0.39, 0.29) is 0 Å². The number of rotatable bonds is 3. The van der Waals surface area contributed by atoms with E-state index in [1.54, 1.807) is 12.1 Å². The molecule has 0 amide bonds. The quantitative estimate of drug-likeness (QED) is 0.693. The first kappa shape index (κ1) is 11.7. The van der Waals surface area contributed by atoms with Gasteiger partial charge in [-0.25, -0.2) is 0 Å². The van der Waals surface area contributed by atoms with Crippen molar-refractivity contribution in [1.29, 1.82) is 5.26 Å². The van der Waals surface area contributed by atoms with Crippen LogP contribution < -0.4 is 11.1 Å². The molecule has 1 aromatic rings. The highest BCUT2D eigenvalue weighted by atomic mass is 16.3. The van der Waals surface area contributed by atoms with Crippen LogP contribution in [0.2, 0.25) is 0 Å². The van der Waals surface area contributed by atoms with Crippen LogP contribution in [0.5, 0.6) is 0 Å². The summed E-state index contributed by atoms with van der Waals surface area (Å²) in [6, 6.07) is 7.26. The Bertz CT molecular complexity index is 444. The highest BCUT2D eigenvalue weighted by molar-refractivity contribution is 5.62. The van der Waals surface area contributed by atoms with Gasteiger partial charge in [-0.15, -0.1) is 0 Å². The molecule has 0 bridgehead atoms. The van der Waals surface area contributed by atoms with Gasteiger partial charge in [0.2, 0.25) is 0 Å². The molecule has 4 nitrogen and oxygen atoms in total. The lowest BCUT2D eigenvalue weighted by Crippen LogP contribution is -2.33. The first-order valence-corrected chi connectivity index (χ1v) is 5.89. The van der Waals surface area contributed by atoms with Crippen LogP contribution in [0.3, 0.4) is 0 Å². The van der Waals surface area contributed by atoms with E-state index in [0.29, 0.717) is 17.8 Å². The summed E-state index contributed by atoms with van der Waals surface area (Å²) >= 11 is 0. The monoisotopic (exact) mass is 231 g/mol. The van der Waals surface area contributed by atoms with Crippen molar-refractivity contribution < 1.29 is 5.11 Å². The summed E-state index contributed by atoms with van der Waals surface area (Å²) in [5.41, 5.74) is 6.94. The molecule has 0 saturated heterocycles. The van der Waals surface area contributed by atoms with Crippen molar-refractivity contribution in [1.82, 2.24) is 0 Å². The maximum Gasteiger partial charge on any atom is 0.101 e. The van der Waals surface area contributed by atoms with Crippen molar-refractivity contribution in [3.63, 3.8) is 0 Å². The Morgan fingerprint density at radius 3 is 2.71 bits per heavy atom. The number of nitrogens with one attached hydrogen (secondary N) is 1. The standard InChI is InChI=1S/C13H17N3O/c14-8-10-3-4-11(7-12(10)15)16-9-13(17)5-1-2-6-13/h3-4,7,16-17H,1-2,5-6,9,15H2. The largest absolute Gasteiger partial charge is 0.398 e. The summed E-state index contributed by atoms with van der Waals surface area (Å²) in [5.74, 6) is 0. The average Bonchev–Trinajstić information content (AvgIpc) is 2.74. The number of hydrogen-bond acceptors (Lipinski definition) is 4. The summed E-state index contributed by atoms with van der Waals surface area (Å²) in [7, 11) is 0. The lowest BCUT2D eigenvalue weighted by atomic mass is 10.0. The van der Waals surface area contributed by atoms with Crippen molar-refractivity contribution in [2.24, 2.45) is 0 Å². The van der Waals surface area contributed by atoms with E-state index in [1.165, 1.54) is 0 Å². The van der Waals surface area contributed by atoms with Gasteiger partial charge in [0.25, 0.3) is 0 Å². The highest BCUT2D eigenvalue weighted by Crippen LogP contribution is 2.29. The molecular weight excluding hydrogens is 214 g/mol. The molecule has 0 unspecified atom stereocenters. The summed E-state index contributed by atoms with van der Waals surface area (Å²) in [4.78, 5) is 0. The zero-order valence-electron chi connectivity index (χ0n) is 9.74. The third kappa shape index (κ3) is 2.69. The van der Waals surface area contributed by atoms with Crippen molar-refractivity contribution >= 4 is 11.4 Å². The van der Waals surface area contributed by atoms with Gasteiger partial charge in [-0.05, 0) is 31.0 Å². The molecule has 0 spiro atoms. The number of anilines is 2. The summed E-state index contributed by atoms with van der Waals surface area (Å²) in [5, 5.41) is 22.1. The second kappa shape index (κ2) is 4.64. The van der Waals surface area contributed by atoms with Crippen molar-refractivity contribution in [3.05, 3.63) is 23.8 Å². The fourth-order valence-electron chi connectivity index (χ4n) is 2.25. The number of aliphatic hydroxyl groups is 1. The smallest absolute Gasteiger partial charge is 0.101 e. The molecule has 0 atom stereocenters. The maximum absolute atomic E-state index is 10.2. The van der Waals surface area contributed by atoms with E-state index >= 15 is 0 Å². The van der Waals surface area contributed by atoms with Crippen molar-refractivity contribution in [2.75, 3.05) is 17.6 Å². The van der Waals surface area contributed by atoms with Crippen LogP contribution in [0.1, 0.15) is 31.2 Å². The minimum Gasteiger partial charge on any atom is -0.398 e. The van der Waals surface area contributed by atoms with Gasteiger partial charge in [-0.1, -0.05) is 12.8 Å². The Labute approximate surface area is 101 Å². The SMILES string of the molecule is N#Cc1ccc(NCC2(O)CCCC2)cc1N. The Hall–Kier alpha value is -1.73. The molecule has 2 rings (SSSR count). The number of nitriles is 1. The number of nitrogens with zero attached hydrogens (tertiary/aromatic N) is 1. The predicted octanol–water partition coefficient (Wildman–Crippen LogP) is 1.86. The molecule has 1 aliphatic rings. The molecule has 0 aliphatic heterocycles. The van der Waals surface area contributed by atoms with Crippen LogP contribution in [-0.2, 0) is 0 Å². The van der Waals surface area contributed by atoms with Gasteiger partial charge in [0.15, 0.2) is 0 Å². The second-order valence-electron chi connectivity index (χ2n) is 4.70. The van der Waals surface area contributed by atoms with E-state index in [2.05, 4.69) is 5.32 Å². The van der Waals surface area contributed by atoms with E-state index in [1.807, 2.05) is 12.1 Å². The van der Waals surface area contributed by atoms with Gasteiger partial charge >= 0.3 is 0 Å². The van der Waals surface area contributed by atoms with E-state index < -0.39 is 5.60 Å². The van der Waals surface area contributed by atoms with Crippen LogP contribution in [-0.4, -0.2) is 17.3 Å². The van der Waals surface area contributed by atoms with Crippen LogP contribution >= 0.6 is 0 Å². The van der Waals surface area contributed by atoms with Gasteiger partial charge in [0.1, 0.15) is 6.07 Å². The fraction of sp³-hybridized carbons (Fsp3) is 0.462. The topological polar surface area (TPSA) is 82.1 Å². The molecule has 4 N–H and O–H groups in total. The molecule has 1 aromatic carbocycles. The second-order valence-corrected chi connectivity index (χ2v) is 4.70. The first-order valence-electron chi connectivity index (χ1n) is 5.89. The zero-order chi connectivity index (χ0) is 12.3. The molecule has 0 heterocycles. The summed E-state index contributed by atoms with van der Waals surface area (Å²) in [6.07, 6.45) is 3.89. The molecule has 0 radical (unpaired) electrons. The number of nitrogen functional groups attached to an aromatic ring is 1. The van der Waals surface area contributed by atoms with E-state index in [9.17, 15) is 5.11 Å². The fourth-order valence-corrected chi connectivity index (χ4v) is 2.25. The number of nitrogens with two attached hydrogens (primary N) is 1. The molecule has 17 heavy (non-hydrogen) atoms. The number of hydrogen-bond donors (Lipinski definition) is 3. The van der Waals surface area contributed by atoms with Crippen LogP contribution in [0, 0.1) is 11.3 Å². The van der Waals surface area contributed by atoms with E-state index in [4.69, 9.17) is 11.0 Å². The van der Waals surface area contributed by atoms with Crippen molar-refractivity contribution in [3.8, 4) is 6.07 Å². The van der Waals surface area contributed by atoms with Gasteiger partial charge in [-0.2, -0.15) is 5.26 Å². The molecular formula is C13H17N3O. The highest BCUT2D eigenvalue weighted by Gasteiger charge is 2.30. The van der Waals surface area contributed by atoms with Crippen LogP contribution in [0.4, 0.5) is 11.4 Å². The lowest BCUT2D eigenvalue weighted by Gasteiger charge is -2.23. The maximum atomic E-state index is 10.2. The first-order chi connectivity index (χ1) is 8.13. The summed E-state index contributed by atoms with van der Waals surface area (Å²) < 4.78 is 0. The third-order valence-electron chi connectivity index (χ3n) is 3.33. The summed E-state index contributed by atoms with van der Waals surface area (Å²) in [6.45, 7) is 0.540. The molecule has 0 aromatic heterocycles. The van der Waals surface area contributed by atoms with Crippen molar-refractivity contribution in [2.45, 2.75) is 31.3 Å². The molecule has 1 aliphatic carbocycles. The van der Waals surface area contributed by atoms with Gasteiger partial charge in [0, 0.05) is 12.2 Å². The average molecular weight is 231 g/mol. The Morgan fingerprint density at radius 2 is 2.12 bits per heavy atom. The normalized spacial score (nSPS) is 17.6. The van der Waals surface area contributed by atoms with Gasteiger partial charge in [0.05, 0.1) is 16.9 Å². The van der Waals surface area contributed by atoms with Crippen LogP contribution in [0.15, 0.2) is 18.2 Å². The van der Waals surface area contributed by atoms with Crippen LogP contribution in [0.25, 0.3) is 0 Å². The van der Waals surface area contributed by atoms with Gasteiger partial charge in [-0.3, -0.25) is 0 Å². The van der Waals surface area contributed by atoms with Gasteiger partial charge < -0.3 is 16.2 Å². The minimum atomic E-state index is -0.581. The third-order valence-corrected chi connectivity index (χ3v) is 3.33. The Balaban J connectivity index is 2.00. The Kier molecular flexibility index (Phi) is 3.21. The van der Waals surface area contributed by atoms with E-state index in [0.717, 1.165) is 31.4 Å². The molecule has 1 fully saturated rings. The predicted molar refractivity (Wildman–Crippen MR) is 67.5 cm³/mol. The molecule has 90 valence electrons. The number of benzene rings is 1.